The van der Waals surface area contributed by atoms with Gasteiger partial charge in [-0.05, 0) is 39.9 Å². The van der Waals surface area contributed by atoms with E-state index in [2.05, 4.69) is 15.6 Å². The van der Waals surface area contributed by atoms with Gasteiger partial charge in [-0.25, -0.2) is 0 Å². The molecule has 0 saturated heterocycles. The van der Waals surface area contributed by atoms with Crippen molar-refractivity contribution < 1.29 is 9.59 Å². The van der Waals surface area contributed by atoms with Gasteiger partial charge in [0.15, 0.2) is 3.95 Å². The summed E-state index contributed by atoms with van der Waals surface area (Å²) in [5.41, 5.74) is 0.613. The predicted octanol–water partition coefficient (Wildman–Crippen LogP) is 1.69. The summed E-state index contributed by atoms with van der Waals surface area (Å²) in [6, 6.07) is 0. The average Bonchev–Trinajstić information content (AvgIpc) is 2.52. The molecule has 0 bridgehead atoms. The summed E-state index contributed by atoms with van der Waals surface area (Å²) >= 11 is 6.39. The van der Waals surface area contributed by atoms with E-state index in [0.29, 0.717) is 3.95 Å². The van der Waals surface area contributed by atoms with Crippen LogP contribution in [0.2, 0.25) is 0 Å². The molecule has 106 valence electrons. The highest BCUT2D eigenvalue weighted by Crippen LogP contribution is 2.14. The molecule has 0 saturated carbocycles. The zero-order valence-electron chi connectivity index (χ0n) is 11.5. The molecule has 5 nitrogen and oxygen atoms in total. The fraction of sp³-hybridized carbons (Fsp3) is 0.583. The molecule has 0 atom stereocenters. The first-order valence-corrected chi connectivity index (χ1v) is 7.16. The van der Waals surface area contributed by atoms with E-state index < -0.39 is 0 Å². The standard InChI is InChI=1S/C12H19N3O2S2/c1-7-8(19-11(18)14-7)5-9(16)13-6-10(17)15-12(2,3)4/h5-6H2,1-4H3,(H,13,16)(H,14,18)(H,15,17). The fourth-order valence-electron chi connectivity index (χ4n) is 1.46. The van der Waals surface area contributed by atoms with E-state index in [4.69, 9.17) is 12.2 Å². The Morgan fingerprint density at radius 2 is 1.95 bits per heavy atom. The van der Waals surface area contributed by atoms with Crippen molar-refractivity contribution in [2.24, 2.45) is 0 Å². The maximum absolute atomic E-state index is 11.7. The maximum Gasteiger partial charge on any atom is 0.239 e. The van der Waals surface area contributed by atoms with Crippen LogP contribution < -0.4 is 10.6 Å². The predicted molar refractivity (Wildman–Crippen MR) is 78.9 cm³/mol. The van der Waals surface area contributed by atoms with Gasteiger partial charge in [0.2, 0.25) is 11.8 Å². The molecule has 1 aromatic rings. The molecule has 0 spiro atoms. The number of aryl methyl sites for hydroxylation is 1. The Kier molecular flexibility index (Phi) is 5.25. The zero-order chi connectivity index (χ0) is 14.6. The van der Waals surface area contributed by atoms with E-state index >= 15 is 0 Å². The van der Waals surface area contributed by atoms with Gasteiger partial charge in [0.1, 0.15) is 0 Å². The summed E-state index contributed by atoms with van der Waals surface area (Å²) in [6.07, 6.45) is 0.242. The largest absolute Gasteiger partial charge is 0.350 e. The van der Waals surface area contributed by atoms with E-state index in [-0.39, 0.29) is 30.3 Å². The van der Waals surface area contributed by atoms with Gasteiger partial charge in [-0.2, -0.15) is 0 Å². The van der Waals surface area contributed by atoms with Crippen molar-refractivity contribution in [3.63, 3.8) is 0 Å². The lowest BCUT2D eigenvalue weighted by atomic mass is 10.1. The summed E-state index contributed by atoms with van der Waals surface area (Å²) in [4.78, 5) is 27.1. The number of nitrogens with one attached hydrogen (secondary N) is 3. The zero-order valence-corrected chi connectivity index (χ0v) is 13.2. The highest BCUT2D eigenvalue weighted by atomic mass is 32.1. The molecule has 7 heteroatoms. The Morgan fingerprint density at radius 1 is 1.32 bits per heavy atom. The number of carbonyl (C=O) groups is 2. The van der Waals surface area contributed by atoms with Gasteiger partial charge < -0.3 is 15.6 Å². The van der Waals surface area contributed by atoms with Crippen LogP contribution in [0.1, 0.15) is 31.3 Å². The van der Waals surface area contributed by atoms with Crippen LogP contribution in [-0.2, 0) is 16.0 Å². The number of rotatable bonds is 4. The molecule has 0 aliphatic carbocycles. The minimum Gasteiger partial charge on any atom is -0.350 e. The van der Waals surface area contributed by atoms with Crippen LogP contribution in [0, 0.1) is 10.9 Å². The first-order chi connectivity index (χ1) is 8.67. The molecule has 0 radical (unpaired) electrons. The summed E-state index contributed by atoms with van der Waals surface area (Å²) < 4.78 is 0.658. The minimum atomic E-state index is -0.293. The molecule has 1 aromatic heterocycles. The highest BCUT2D eigenvalue weighted by molar-refractivity contribution is 7.73. The van der Waals surface area contributed by atoms with Crippen LogP contribution in [0.3, 0.4) is 0 Å². The lowest BCUT2D eigenvalue weighted by Crippen LogP contribution is -2.46. The van der Waals surface area contributed by atoms with Gasteiger partial charge in [0, 0.05) is 16.1 Å². The molecule has 1 rings (SSSR count). The molecule has 2 amide bonds. The molecular weight excluding hydrogens is 282 g/mol. The first-order valence-electron chi connectivity index (χ1n) is 5.93. The number of thiazole rings is 1. The minimum absolute atomic E-state index is 0.00896. The second-order valence-corrected chi connectivity index (χ2v) is 7.09. The summed E-state index contributed by atoms with van der Waals surface area (Å²) in [6.45, 7) is 7.54. The number of carbonyl (C=O) groups excluding carboxylic acids is 2. The van der Waals surface area contributed by atoms with Gasteiger partial charge in [-0.15, -0.1) is 11.3 Å². The third kappa shape index (κ3) is 5.98. The van der Waals surface area contributed by atoms with E-state index in [0.717, 1.165) is 10.6 Å². The molecule has 19 heavy (non-hydrogen) atoms. The van der Waals surface area contributed by atoms with Gasteiger partial charge in [0.25, 0.3) is 0 Å². The lowest BCUT2D eigenvalue weighted by molar-refractivity contribution is -0.126. The second-order valence-electron chi connectivity index (χ2n) is 5.31. The van der Waals surface area contributed by atoms with Crippen molar-refractivity contribution in [3.8, 4) is 0 Å². The Labute approximate surface area is 121 Å². The Balaban J connectivity index is 2.42. The molecule has 1 heterocycles. The summed E-state index contributed by atoms with van der Waals surface area (Å²) in [7, 11) is 0. The maximum atomic E-state index is 11.7. The summed E-state index contributed by atoms with van der Waals surface area (Å²) in [5, 5.41) is 5.38. The number of hydrogen-bond acceptors (Lipinski definition) is 4. The molecular formula is C12H19N3O2S2. The fourth-order valence-corrected chi connectivity index (χ4v) is 2.75. The molecule has 0 aliphatic heterocycles. The average molecular weight is 301 g/mol. The van der Waals surface area contributed by atoms with Crippen molar-refractivity contribution in [2.75, 3.05) is 6.54 Å². The number of hydrogen-bond donors (Lipinski definition) is 3. The second kappa shape index (κ2) is 6.29. The quantitative estimate of drug-likeness (QED) is 0.741. The van der Waals surface area contributed by atoms with Crippen molar-refractivity contribution in [1.82, 2.24) is 15.6 Å². The van der Waals surface area contributed by atoms with Crippen molar-refractivity contribution in [3.05, 3.63) is 14.5 Å². The number of amides is 2. The molecule has 0 unspecified atom stereocenters. The van der Waals surface area contributed by atoms with Crippen LogP contribution in [0.15, 0.2) is 0 Å². The number of H-pyrrole nitrogens is 1. The van der Waals surface area contributed by atoms with Crippen LogP contribution in [-0.4, -0.2) is 28.9 Å². The SMILES string of the molecule is Cc1[nH]c(=S)sc1CC(=O)NCC(=O)NC(C)(C)C. The number of aromatic amines is 1. The topological polar surface area (TPSA) is 74.0 Å². The monoisotopic (exact) mass is 301 g/mol. The lowest BCUT2D eigenvalue weighted by Gasteiger charge is -2.20. The van der Waals surface area contributed by atoms with Gasteiger partial charge in [-0.1, -0.05) is 0 Å². The van der Waals surface area contributed by atoms with Crippen LogP contribution >= 0.6 is 23.6 Å². The van der Waals surface area contributed by atoms with E-state index in [1.54, 1.807) is 0 Å². The third-order valence-electron chi connectivity index (χ3n) is 2.21. The molecule has 0 fully saturated rings. The van der Waals surface area contributed by atoms with Gasteiger partial charge in [0.05, 0.1) is 13.0 Å². The summed E-state index contributed by atoms with van der Waals surface area (Å²) in [5.74, 6) is -0.378. The smallest absolute Gasteiger partial charge is 0.239 e. The number of aromatic nitrogens is 1. The van der Waals surface area contributed by atoms with Gasteiger partial charge in [-0.3, -0.25) is 9.59 Å². The van der Waals surface area contributed by atoms with Crippen LogP contribution in [0.25, 0.3) is 0 Å². The highest BCUT2D eigenvalue weighted by Gasteiger charge is 2.15. The van der Waals surface area contributed by atoms with Gasteiger partial charge >= 0.3 is 0 Å². The van der Waals surface area contributed by atoms with Crippen molar-refractivity contribution in [1.29, 1.82) is 0 Å². The third-order valence-corrected chi connectivity index (χ3v) is 3.54. The molecule has 3 N–H and O–H groups in total. The van der Waals surface area contributed by atoms with Crippen molar-refractivity contribution in [2.45, 2.75) is 39.7 Å². The van der Waals surface area contributed by atoms with E-state index in [9.17, 15) is 9.59 Å². The van der Waals surface area contributed by atoms with E-state index in [1.807, 2.05) is 27.7 Å². The van der Waals surface area contributed by atoms with Crippen molar-refractivity contribution >= 4 is 35.4 Å². The Hall–Kier alpha value is -1.21. The van der Waals surface area contributed by atoms with Crippen LogP contribution in [0.5, 0.6) is 0 Å². The van der Waals surface area contributed by atoms with E-state index in [1.165, 1.54) is 11.3 Å². The normalized spacial score (nSPS) is 11.2. The Bertz CT molecular complexity index is 526. The molecule has 0 aromatic carbocycles. The van der Waals surface area contributed by atoms with Crippen LogP contribution in [0.4, 0.5) is 0 Å². The molecule has 0 aliphatic rings. The Morgan fingerprint density at radius 3 is 2.42 bits per heavy atom. The first kappa shape index (κ1) is 15.8.